The third-order valence-electron chi connectivity index (χ3n) is 5.57. The third kappa shape index (κ3) is 3.48. The number of carboxylic acid groups (broad SMARTS) is 1. The van der Waals surface area contributed by atoms with Gasteiger partial charge in [-0.15, -0.1) is 0 Å². The second-order valence-electron chi connectivity index (χ2n) is 7.41. The van der Waals surface area contributed by atoms with E-state index in [-0.39, 0.29) is 34.0 Å². The van der Waals surface area contributed by atoms with Gasteiger partial charge in [0.2, 0.25) is 5.43 Å². The summed E-state index contributed by atoms with van der Waals surface area (Å²) in [4.78, 5) is 26.0. The highest BCUT2D eigenvalue weighted by atomic mass is 19.1. The highest BCUT2D eigenvalue weighted by Crippen LogP contribution is 2.30. The molecule has 3 aromatic rings. The van der Waals surface area contributed by atoms with Crippen molar-refractivity contribution in [2.75, 3.05) is 30.8 Å². The molecule has 1 fully saturated rings. The molecule has 7 nitrogen and oxygen atoms in total. The SMILES string of the molecule is CN[C@H]1CCN(c2cc3c(cc2F)c(=O)c(C(=O)O)cn3-c2cc(N)c(F)cc2F)C1. The second-order valence-corrected chi connectivity index (χ2v) is 7.41. The van der Waals surface area contributed by atoms with Crippen molar-refractivity contribution in [2.45, 2.75) is 12.5 Å². The van der Waals surface area contributed by atoms with E-state index in [4.69, 9.17) is 5.73 Å². The van der Waals surface area contributed by atoms with E-state index in [0.717, 1.165) is 29.3 Å². The van der Waals surface area contributed by atoms with Crippen molar-refractivity contribution in [3.63, 3.8) is 0 Å². The summed E-state index contributed by atoms with van der Waals surface area (Å²) < 4.78 is 44.3. The molecule has 0 amide bonds. The maximum absolute atomic E-state index is 14.9. The van der Waals surface area contributed by atoms with Crippen LogP contribution in [0.5, 0.6) is 0 Å². The molecule has 1 aliphatic rings. The van der Waals surface area contributed by atoms with E-state index in [1.807, 2.05) is 0 Å². The number of pyridine rings is 1. The summed E-state index contributed by atoms with van der Waals surface area (Å²) in [6.45, 7) is 1.08. The number of carboxylic acids is 1. The molecular weight excluding hydrogens is 413 g/mol. The normalized spacial score (nSPS) is 16.3. The molecular formula is C21H19F3N4O3. The molecule has 4 rings (SSSR count). The molecule has 31 heavy (non-hydrogen) atoms. The molecule has 0 radical (unpaired) electrons. The van der Waals surface area contributed by atoms with E-state index >= 15 is 0 Å². The molecule has 1 atom stereocenters. The zero-order valence-electron chi connectivity index (χ0n) is 16.5. The smallest absolute Gasteiger partial charge is 0.341 e. The van der Waals surface area contributed by atoms with Crippen LogP contribution in [0.4, 0.5) is 24.5 Å². The Balaban J connectivity index is 2.03. The molecule has 0 saturated carbocycles. The Morgan fingerprint density at radius 3 is 2.48 bits per heavy atom. The van der Waals surface area contributed by atoms with Crippen LogP contribution in [0, 0.1) is 17.5 Å². The fourth-order valence-corrected chi connectivity index (χ4v) is 3.88. The average molecular weight is 432 g/mol. The number of halogens is 3. The number of rotatable bonds is 4. The lowest BCUT2D eigenvalue weighted by atomic mass is 10.1. The summed E-state index contributed by atoms with van der Waals surface area (Å²) >= 11 is 0. The summed E-state index contributed by atoms with van der Waals surface area (Å²) in [6.07, 6.45) is 1.71. The number of benzene rings is 2. The number of nitrogen functional groups attached to an aromatic ring is 1. The van der Waals surface area contributed by atoms with Crippen LogP contribution in [0.3, 0.4) is 0 Å². The number of aromatic nitrogens is 1. The van der Waals surface area contributed by atoms with Gasteiger partial charge in [0, 0.05) is 36.8 Å². The van der Waals surface area contributed by atoms with Crippen LogP contribution in [0.1, 0.15) is 16.8 Å². The molecule has 0 bridgehead atoms. The van der Waals surface area contributed by atoms with Crippen LogP contribution in [-0.2, 0) is 0 Å². The number of fused-ring (bicyclic) bond motifs is 1. The number of nitrogens with two attached hydrogens (primary N) is 1. The molecule has 0 unspecified atom stereocenters. The predicted molar refractivity (Wildman–Crippen MR) is 110 cm³/mol. The van der Waals surface area contributed by atoms with Gasteiger partial charge in [-0.2, -0.15) is 0 Å². The average Bonchev–Trinajstić information content (AvgIpc) is 3.20. The van der Waals surface area contributed by atoms with Crippen molar-refractivity contribution in [3.8, 4) is 5.69 Å². The third-order valence-corrected chi connectivity index (χ3v) is 5.57. The molecule has 10 heteroatoms. The zero-order chi connectivity index (χ0) is 22.4. The summed E-state index contributed by atoms with van der Waals surface area (Å²) in [5.74, 6) is -4.26. The summed E-state index contributed by atoms with van der Waals surface area (Å²) in [6, 6.07) is 4.04. The van der Waals surface area contributed by atoms with Crippen LogP contribution >= 0.6 is 0 Å². The quantitative estimate of drug-likeness (QED) is 0.548. The van der Waals surface area contributed by atoms with Crippen LogP contribution in [-0.4, -0.2) is 41.8 Å². The highest BCUT2D eigenvalue weighted by molar-refractivity contribution is 5.94. The van der Waals surface area contributed by atoms with Crippen molar-refractivity contribution in [2.24, 2.45) is 0 Å². The van der Waals surface area contributed by atoms with Gasteiger partial charge < -0.3 is 25.6 Å². The van der Waals surface area contributed by atoms with Crippen molar-refractivity contribution in [1.82, 2.24) is 9.88 Å². The Morgan fingerprint density at radius 2 is 1.84 bits per heavy atom. The monoisotopic (exact) mass is 432 g/mol. The van der Waals surface area contributed by atoms with Gasteiger partial charge in [-0.3, -0.25) is 4.79 Å². The number of hydrogen-bond donors (Lipinski definition) is 3. The molecule has 1 aromatic heterocycles. The van der Waals surface area contributed by atoms with E-state index in [0.29, 0.717) is 19.2 Å². The largest absolute Gasteiger partial charge is 0.477 e. The maximum atomic E-state index is 14.9. The molecule has 4 N–H and O–H groups in total. The number of nitrogens with zero attached hydrogens (tertiary/aromatic N) is 2. The number of aromatic carboxylic acids is 1. The molecule has 1 saturated heterocycles. The molecule has 1 aliphatic heterocycles. The maximum Gasteiger partial charge on any atom is 0.341 e. The molecule has 2 aromatic carbocycles. The number of nitrogens with one attached hydrogen (secondary N) is 1. The second kappa shape index (κ2) is 7.62. The van der Waals surface area contributed by atoms with Gasteiger partial charge in [0.05, 0.1) is 22.6 Å². The predicted octanol–water partition coefficient (Wildman–Crippen LogP) is 2.49. The Hall–Kier alpha value is -3.53. The van der Waals surface area contributed by atoms with Gasteiger partial charge in [-0.1, -0.05) is 0 Å². The van der Waals surface area contributed by atoms with E-state index in [1.54, 1.807) is 11.9 Å². The van der Waals surface area contributed by atoms with Crippen molar-refractivity contribution in [1.29, 1.82) is 0 Å². The number of carbonyl (C=O) groups is 1. The van der Waals surface area contributed by atoms with E-state index in [2.05, 4.69) is 5.32 Å². The minimum absolute atomic E-state index is 0.0733. The number of anilines is 2. The fraction of sp³-hybridized carbons (Fsp3) is 0.238. The van der Waals surface area contributed by atoms with Crippen molar-refractivity contribution in [3.05, 3.63) is 63.7 Å². The summed E-state index contributed by atoms with van der Waals surface area (Å²) in [5, 5.41) is 12.3. The lowest BCUT2D eigenvalue weighted by Crippen LogP contribution is -2.30. The van der Waals surface area contributed by atoms with E-state index in [1.165, 1.54) is 6.07 Å². The minimum Gasteiger partial charge on any atom is -0.477 e. The molecule has 0 aliphatic carbocycles. The lowest BCUT2D eigenvalue weighted by Gasteiger charge is -2.21. The molecule has 0 spiro atoms. The minimum atomic E-state index is -1.56. The molecule has 162 valence electrons. The van der Waals surface area contributed by atoms with Gasteiger partial charge in [-0.25, -0.2) is 18.0 Å². The van der Waals surface area contributed by atoms with Gasteiger partial charge in [0.15, 0.2) is 0 Å². The molecule has 2 heterocycles. The first-order valence-corrected chi connectivity index (χ1v) is 9.50. The Bertz CT molecular complexity index is 1280. The Labute approximate surface area is 174 Å². The van der Waals surface area contributed by atoms with E-state index < -0.39 is 34.4 Å². The van der Waals surface area contributed by atoms with Gasteiger partial charge in [-0.05, 0) is 31.7 Å². The van der Waals surface area contributed by atoms with E-state index in [9.17, 15) is 27.9 Å². The van der Waals surface area contributed by atoms with Crippen LogP contribution in [0.25, 0.3) is 16.6 Å². The standard InChI is InChI=1S/C21H19F3N4O3/c1-26-10-2-3-27(8-10)18-7-17-11(4-14(18)23)20(29)12(21(30)31)9-28(17)19-6-16(25)13(22)5-15(19)24/h4-7,9-10,26H,2-3,8,25H2,1H3,(H,30,31)/t10-/m0/s1. The van der Waals surface area contributed by atoms with Crippen LogP contribution in [0.15, 0.2) is 35.3 Å². The summed E-state index contributed by atoms with van der Waals surface area (Å²) in [7, 11) is 1.80. The van der Waals surface area contributed by atoms with Gasteiger partial charge in [0.25, 0.3) is 0 Å². The summed E-state index contributed by atoms with van der Waals surface area (Å²) in [5.41, 5.74) is 3.62. The Morgan fingerprint density at radius 1 is 1.13 bits per heavy atom. The lowest BCUT2D eigenvalue weighted by molar-refractivity contribution is 0.0695. The van der Waals surface area contributed by atoms with Crippen LogP contribution < -0.4 is 21.4 Å². The number of likely N-dealkylation sites (N-methyl/N-ethyl adjacent to an activating group) is 1. The van der Waals surface area contributed by atoms with Gasteiger partial charge in [0.1, 0.15) is 23.0 Å². The van der Waals surface area contributed by atoms with Gasteiger partial charge >= 0.3 is 5.97 Å². The topological polar surface area (TPSA) is 101 Å². The fourth-order valence-electron chi connectivity index (χ4n) is 3.88. The first-order chi connectivity index (χ1) is 14.7. The first kappa shape index (κ1) is 20.7. The number of hydrogen-bond acceptors (Lipinski definition) is 5. The van der Waals surface area contributed by atoms with Crippen molar-refractivity contribution < 1.29 is 23.1 Å². The first-order valence-electron chi connectivity index (χ1n) is 9.50. The Kier molecular flexibility index (Phi) is 5.10. The zero-order valence-corrected chi connectivity index (χ0v) is 16.5. The highest BCUT2D eigenvalue weighted by Gasteiger charge is 2.26. The van der Waals surface area contributed by atoms with Crippen LogP contribution in [0.2, 0.25) is 0 Å². The van der Waals surface area contributed by atoms with Crippen molar-refractivity contribution >= 4 is 28.2 Å².